The van der Waals surface area contributed by atoms with E-state index in [4.69, 9.17) is 0 Å². The maximum atomic E-state index is 13.1. The Morgan fingerprint density at radius 2 is 1.96 bits per heavy atom. The molecule has 144 valence electrons. The fourth-order valence-corrected chi connectivity index (χ4v) is 4.36. The van der Waals surface area contributed by atoms with Crippen LogP contribution in [0, 0.1) is 0 Å². The van der Waals surface area contributed by atoms with Crippen LogP contribution in [0.25, 0.3) is 16.2 Å². The molecule has 0 amide bonds. The smallest absolute Gasteiger partial charge is 0.310 e. The number of benzene rings is 1. The summed E-state index contributed by atoms with van der Waals surface area (Å²) in [5.41, 5.74) is 1.33. The monoisotopic (exact) mass is 422 g/mol. The molecule has 1 aromatic carbocycles. The van der Waals surface area contributed by atoms with E-state index in [9.17, 15) is 18.0 Å². The van der Waals surface area contributed by atoms with Crippen molar-refractivity contribution in [1.29, 1.82) is 0 Å². The lowest BCUT2D eigenvalue weighted by Crippen LogP contribution is -2.19. The number of imidazole rings is 1. The molecule has 0 fully saturated rings. The Balaban J connectivity index is 1.65. The number of nitrogens with zero attached hydrogens (tertiary/aromatic N) is 4. The van der Waals surface area contributed by atoms with Crippen LogP contribution < -0.4 is 5.56 Å². The molecule has 0 aliphatic rings. The minimum atomic E-state index is -4.38. The van der Waals surface area contributed by atoms with E-state index in [-0.39, 0.29) is 16.5 Å². The summed E-state index contributed by atoms with van der Waals surface area (Å²) >= 11 is 2.44. The van der Waals surface area contributed by atoms with E-state index in [1.54, 1.807) is 41.9 Å². The van der Waals surface area contributed by atoms with Crippen LogP contribution in [0.3, 0.4) is 0 Å². The number of rotatable bonds is 5. The summed E-state index contributed by atoms with van der Waals surface area (Å²) in [6, 6.07) is 10.2. The van der Waals surface area contributed by atoms with Gasteiger partial charge in [-0.05, 0) is 5.56 Å². The van der Waals surface area contributed by atoms with Crippen molar-refractivity contribution in [1.82, 2.24) is 18.9 Å². The van der Waals surface area contributed by atoms with Crippen LogP contribution in [-0.4, -0.2) is 25.1 Å². The van der Waals surface area contributed by atoms with Crippen LogP contribution in [0.5, 0.6) is 0 Å². The Kier molecular flexibility index (Phi) is 4.98. The number of halogens is 3. The first-order valence-electron chi connectivity index (χ1n) is 8.17. The molecule has 3 heterocycles. The minimum Gasteiger partial charge on any atom is -0.310 e. The largest absolute Gasteiger partial charge is 0.406 e. The third-order valence-corrected chi connectivity index (χ3v) is 5.71. The number of hydrogen-bond donors (Lipinski definition) is 0. The van der Waals surface area contributed by atoms with Gasteiger partial charge in [0, 0.05) is 23.4 Å². The quantitative estimate of drug-likeness (QED) is 0.445. The normalized spacial score (nSPS) is 12.0. The number of thioether (sulfide) groups is 1. The molecule has 3 aromatic heterocycles. The molecule has 0 aliphatic carbocycles. The van der Waals surface area contributed by atoms with E-state index in [2.05, 4.69) is 9.97 Å². The standard InChI is InChI=1S/C18H13F3N4OS2/c19-18(20,21)11-25-14(12-4-2-1-3-5-12)9-22-16(25)28-10-13-8-15(26)24-6-7-27-17(24)23-13/h1-9H,10-11H2. The van der Waals surface area contributed by atoms with Gasteiger partial charge in [0.1, 0.15) is 6.54 Å². The molecule has 0 atom stereocenters. The molecule has 0 N–H and O–H groups in total. The van der Waals surface area contributed by atoms with Crippen molar-refractivity contribution in [3.8, 4) is 11.3 Å². The van der Waals surface area contributed by atoms with Crippen LogP contribution >= 0.6 is 23.1 Å². The van der Waals surface area contributed by atoms with Gasteiger partial charge in [-0.15, -0.1) is 11.3 Å². The number of thiazole rings is 1. The summed E-state index contributed by atoms with van der Waals surface area (Å²) in [5, 5.41) is 1.98. The topological polar surface area (TPSA) is 52.2 Å². The molecule has 0 spiro atoms. The Morgan fingerprint density at radius 3 is 2.71 bits per heavy atom. The van der Waals surface area contributed by atoms with E-state index in [1.807, 2.05) is 0 Å². The maximum Gasteiger partial charge on any atom is 0.406 e. The second-order valence-electron chi connectivity index (χ2n) is 5.92. The zero-order chi connectivity index (χ0) is 19.7. The van der Waals surface area contributed by atoms with Crippen molar-refractivity contribution in [3.63, 3.8) is 0 Å². The van der Waals surface area contributed by atoms with Crippen molar-refractivity contribution in [2.45, 2.75) is 23.6 Å². The predicted octanol–water partition coefficient (Wildman–Crippen LogP) is 4.47. The molecule has 0 bridgehead atoms. The maximum absolute atomic E-state index is 13.1. The third-order valence-electron chi connectivity index (χ3n) is 3.93. The zero-order valence-corrected chi connectivity index (χ0v) is 15.9. The highest BCUT2D eigenvalue weighted by molar-refractivity contribution is 7.98. The van der Waals surface area contributed by atoms with E-state index in [0.717, 1.165) is 16.3 Å². The van der Waals surface area contributed by atoms with Gasteiger partial charge in [0.25, 0.3) is 5.56 Å². The van der Waals surface area contributed by atoms with Gasteiger partial charge < -0.3 is 4.57 Å². The number of hydrogen-bond acceptors (Lipinski definition) is 5. The van der Waals surface area contributed by atoms with Crippen LogP contribution in [0.4, 0.5) is 13.2 Å². The lowest BCUT2D eigenvalue weighted by atomic mass is 10.2. The van der Waals surface area contributed by atoms with Crippen LogP contribution in [0.1, 0.15) is 5.69 Å². The van der Waals surface area contributed by atoms with Crippen molar-refractivity contribution in [2.75, 3.05) is 0 Å². The van der Waals surface area contributed by atoms with Gasteiger partial charge in [-0.2, -0.15) is 13.2 Å². The molecule has 0 saturated heterocycles. The highest BCUT2D eigenvalue weighted by Gasteiger charge is 2.30. The van der Waals surface area contributed by atoms with Crippen LogP contribution in [0.2, 0.25) is 0 Å². The molecule has 28 heavy (non-hydrogen) atoms. The molecule has 0 aliphatic heterocycles. The van der Waals surface area contributed by atoms with Crippen molar-refractivity contribution in [3.05, 3.63) is 70.2 Å². The average molecular weight is 422 g/mol. The first kappa shape index (κ1) is 18.8. The minimum absolute atomic E-state index is 0.217. The van der Waals surface area contributed by atoms with Crippen LogP contribution in [0.15, 0.2) is 64.1 Å². The highest BCUT2D eigenvalue weighted by atomic mass is 32.2. The van der Waals surface area contributed by atoms with E-state index in [0.29, 0.717) is 21.9 Å². The van der Waals surface area contributed by atoms with Crippen molar-refractivity contribution >= 4 is 28.1 Å². The Hall–Kier alpha value is -2.59. The van der Waals surface area contributed by atoms with E-state index >= 15 is 0 Å². The van der Waals surface area contributed by atoms with Gasteiger partial charge in [0.15, 0.2) is 10.1 Å². The van der Waals surface area contributed by atoms with E-state index in [1.165, 1.54) is 28.0 Å². The number of fused-ring (bicyclic) bond motifs is 1. The Morgan fingerprint density at radius 1 is 1.18 bits per heavy atom. The molecular weight excluding hydrogens is 409 g/mol. The fraction of sp³-hybridized carbons (Fsp3) is 0.167. The predicted molar refractivity (Wildman–Crippen MR) is 103 cm³/mol. The first-order valence-corrected chi connectivity index (χ1v) is 10.0. The summed E-state index contributed by atoms with van der Waals surface area (Å²) in [6.07, 6.45) is -1.31. The van der Waals surface area contributed by atoms with Crippen LogP contribution in [-0.2, 0) is 12.3 Å². The number of alkyl halides is 3. The summed E-state index contributed by atoms with van der Waals surface area (Å²) in [7, 11) is 0. The SMILES string of the molecule is O=c1cc(CSc2ncc(-c3ccccc3)n2CC(F)(F)F)nc2sccn12. The summed E-state index contributed by atoms with van der Waals surface area (Å²) in [6.45, 7) is -1.14. The zero-order valence-electron chi connectivity index (χ0n) is 14.3. The van der Waals surface area contributed by atoms with Crippen molar-refractivity contribution in [2.24, 2.45) is 0 Å². The Bertz CT molecular complexity index is 1170. The molecule has 0 unspecified atom stereocenters. The summed E-state index contributed by atoms with van der Waals surface area (Å²) in [5.74, 6) is 0.243. The molecule has 0 radical (unpaired) electrons. The van der Waals surface area contributed by atoms with E-state index < -0.39 is 12.7 Å². The fourth-order valence-electron chi connectivity index (χ4n) is 2.75. The second-order valence-corrected chi connectivity index (χ2v) is 7.74. The van der Waals surface area contributed by atoms with Crippen molar-refractivity contribution < 1.29 is 13.2 Å². The summed E-state index contributed by atoms with van der Waals surface area (Å²) < 4.78 is 42.0. The molecule has 4 aromatic rings. The average Bonchev–Trinajstić information content (AvgIpc) is 3.27. The number of aromatic nitrogens is 4. The molecule has 5 nitrogen and oxygen atoms in total. The van der Waals surface area contributed by atoms with Gasteiger partial charge in [-0.3, -0.25) is 9.20 Å². The molecule has 0 saturated carbocycles. The summed E-state index contributed by atoms with van der Waals surface area (Å²) in [4.78, 5) is 21.2. The lowest BCUT2D eigenvalue weighted by Gasteiger charge is -2.14. The molecule has 4 rings (SSSR count). The lowest BCUT2D eigenvalue weighted by molar-refractivity contribution is -0.141. The third kappa shape index (κ3) is 3.97. The first-order chi connectivity index (χ1) is 13.4. The second kappa shape index (κ2) is 7.44. The van der Waals surface area contributed by atoms with Gasteiger partial charge in [0.05, 0.1) is 17.6 Å². The highest BCUT2D eigenvalue weighted by Crippen LogP contribution is 2.31. The Labute approximate surface area is 165 Å². The van der Waals surface area contributed by atoms with Gasteiger partial charge in [-0.1, -0.05) is 42.1 Å². The van der Waals surface area contributed by atoms with Gasteiger partial charge in [0.2, 0.25) is 0 Å². The van der Waals surface area contributed by atoms with Gasteiger partial charge in [-0.25, -0.2) is 9.97 Å². The van der Waals surface area contributed by atoms with Gasteiger partial charge >= 0.3 is 6.18 Å². The molecule has 10 heteroatoms. The molecular formula is C18H13F3N4OS2.